The van der Waals surface area contributed by atoms with Crippen LogP contribution < -0.4 is 5.32 Å². The van der Waals surface area contributed by atoms with Crippen LogP contribution in [-0.4, -0.2) is 36.4 Å². The second kappa shape index (κ2) is 6.54. The molecule has 0 fully saturated rings. The Kier molecular flexibility index (Phi) is 5.34. The third kappa shape index (κ3) is 5.12. The number of hydrogen-bond acceptors (Lipinski definition) is 5. The molecular formula is C11H19N3O2S. The van der Waals surface area contributed by atoms with Gasteiger partial charge in [-0.2, -0.15) is 0 Å². The molecule has 0 spiro atoms. The summed E-state index contributed by atoms with van der Waals surface area (Å²) in [6.07, 6.45) is 3.44. The van der Waals surface area contributed by atoms with Gasteiger partial charge in [0.25, 0.3) is 0 Å². The van der Waals surface area contributed by atoms with Crippen LogP contribution in [0, 0.1) is 0 Å². The zero-order chi connectivity index (χ0) is 12.7. The van der Waals surface area contributed by atoms with Crippen molar-refractivity contribution in [3.63, 3.8) is 0 Å². The quantitative estimate of drug-likeness (QED) is 0.796. The van der Waals surface area contributed by atoms with E-state index in [4.69, 9.17) is 0 Å². The molecule has 1 rings (SSSR count). The Bertz CT molecular complexity index is 446. The maximum absolute atomic E-state index is 11.3. The maximum atomic E-state index is 11.3. The van der Waals surface area contributed by atoms with Gasteiger partial charge in [0.15, 0.2) is 9.84 Å². The predicted octanol–water partition coefficient (Wildman–Crippen LogP) is 1.28. The first-order valence-corrected chi connectivity index (χ1v) is 7.64. The molecule has 0 radical (unpaired) electrons. The van der Waals surface area contributed by atoms with Crippen molar-refractivity contribution < 1.29 is 8.42 Å². The molecule has 0 saturated heterocycles. The fourth-order valence-corrected chi connectivity index (χ4v) is 2.07. The summed E-state index contributed by atoms with van der Waals surface area (Å²) in [5.74, 6) is 1.01. The van der Waals surface area contributed by atoms with E-state index >= 15 is 0 Å². The Labute approximate surface area is 103 Å². The molecular weight excluding hydrogens is 238 g/mol. The van der Waals surface area contributed by atoms with Crippen molar-refractivity contribution in [1.29, 1.82) is 0 Å². The van der Waals surface area contributed by atoms with Crippen LogP contribution in [0.4, 0.5) is 5.82 Å². The van der Waals surface area contributed by atoms with Gasteiger partial charge in [0.2, 0.25) is 0 Å². The zero-order valence-electron chi connectivity index (χ0n) is 10.3. The third-order valence-corrected chi connectivity index (χ3v) is 4.09. The van der Waals surface area contributed by atoms with E-state index in [1.165, 1.54) is 6.33 Å². The van der Waals surface area contributed by atoms with Gasteiger partial charge < -0.3 is 5.32 Å². The SMILES string of the molecule is CCCc1cc(NCCS(=O)(=O)CC)ncn1. The van der Waals surface area contributed by atoms with Crippen LogP contribution in [0.1, 0.15) is 26.0 Å². The number of nitrogens with zero attached hydrogens (tertiary/aromatic N) is 2. The number of aryl methyl sites for hydroxylation is 1. The molecule has 0 bridgehead atoms. The number of anilines is 1. The van der Waals surface area contributed by atoms with Crippen molar-refractivity contribution >= 4 is 15.7 Å². The molecule has 96 valence electrons. The van der Waals surface area contributed by atoms with Gasteiger partial charge in [0.1, 0.15) is 12.1 Å². The maximum Gasteiger partial charge on any atom is 0.151 e. The molecule has 17 heavy (non-hydrogen) atoms. The van der Waals surface area contributed by atoms with Crippen molar-refractivity contribution in [1.82, 2.24) is 9.97 Å². The lowest BCUT2D eigenvalue weighted by Gasteiger charge is -2.06. The summed E-state index contributed by atoms with van der Waals surface area (Å²) in [5.41, 5.74) is 0.975. The highest BCUT2D eigenvalue weighted by Crippen LogP contribution is 2.05. The van der Waals surface area contributed by atoms with E-state index in [1.54, 1.807) is 6.92 Å². The number of sulfone groups is 1. The van der Waals surface area contributed by atoms with Crippen LogP contribution in [0.25, 0.3) is 0 Å². The second-order valence-electron chi connectivity index (χ2n) is 3.81. The smallest absolute Gasteiger partial charge is 0.151 e. The topological polar surface area (TPSA) is 72.0 Å². The summed E-state index contributed by atoms with van der Waals surface area (Å²) >= 11 is 0. The van der Waals surface area contributed by atoms with E-state index < -0.39 is 9.84 Å². The highest BCUT2D eigenvalue weighted by Gasteiger charge is 2.06. The molecule has 0 amide bonds. The molecule has 1 aromatic heterocycles. The average molecular weight is 257 g/mol. The lowest BCUT2D eigenvalue weighted by atomic mass is 10.2. The van der Waals surface area contributed by atoms with Crippen molar-refractivity contribution in [2.45, 2.75) is 26.7 Å². The van der Waals surface area contributed by atoms with Gasteiger partial charge in [0.05, 0.1) is 5.75 Å². The highest BCUT2D eigenvalue weighted by atomic mass is 32.2. The lowest BCUT2D eigenvalue weighted by Crippen LogP contribution is -2.17. The Morgan fingerprint density at radius 2 is 2.06 bits per heavy atom. The summed E-state index contributed by atoms with van der Waals surface area (Å²) < 4.78 is 22.6. The first-order valence-electron chi connectivity index (χ1n) is 5.82. The number of aromatic nitrogens is 2. The molecule has 1 N–H and O–H groups in total. The number of nitrogens with one attached hydrogen (secondary N) is 1. The van der Waals surface area contributed by atoms with Crippen LogP contribution in [0.15, 0.2) is 12.4 Å². The van der Waals surface area contributed by atoms with Gasteiger partial charge in [-0.1, -0.05) is 20.3 Å². The molecule has 0 aliphatic carbocycles. The summed E-state index contributed by atoms with van der Waals surface area (Å²) in [7, 11) is -2.92. The summed E-state index contributed by atoms with van der Waals surface area (Å²) in [5, 5.41) is 3.00. The minimum Gasteiger partial charge on any atom is -0.369 e. The fraction of sp³-hybridized carbons (Fsp3) is 0.636. The van der Waals surface area contributed by atoms with E-state index in [2.05, 4.69) is 22.2 Å². The van der Waals surface area contributed by atoms with E-state index in [1.807, 2.05) is 6.07 Å². The van der Waals surface area contributed by atoms with Gasteiger partial charge in [-0.25, -0.2) is 18.4 Å². The van der Waals surface area contributed by atoms with E-state index in [9.17, 15) is 8.42 Å². The molecule has 0 atom stereocenters. The molecule has 0 saturated carbocycles. The lowest BCUT2D eigenvalue weighted by molar-refractivity contribution is 0.597. The fourth-order valence-electron chi connectivity index (χ4n) is 1.37. The number of hydrogen-bond donors (Lipinski definition) is 1. The van der Waals surface area contributed by atoms with Gasteiger partial charge in [-0.05, 0) is 6.42 Å². The Balaban J connectivity index is 2.49. The summed E-state index contributed by atoms with van der Waals surface area (Å²) in [6.45, 7) is 4.13. The Morgan fingerprint density at radius 1 is 1.29 bits per heavy atom. The van der Waals surface area contributed by atoms with Crippen molar-refractivity contribution in [3.05, 3.63) is 18.1 Å². The Morgan fingerprint density at radius 3 is 2.71 bits per heavy atom. The first kappa shape index (κ1) is 13.9. The number of rotatable bonds is 7. The van der Waals surface area contributed by atoms with Crippen LogP contribution in [0.5, 0.6) is 0 Å². The standard InChI is InChI=1S/C11H19N3O2S/c1-3-5-10-8-11(14-9-13-10)12-6-7-17(15,16)4-2/h8-9H,3-7H2,1-2H3,(H,12,13,14). The molecule has 1 heterocycles. The zero-order valence-corrected chi connectivity index (χ0v) is 11.1. The summed E-state index contributed by atoms with van der Waals surface area (Å²) in [4.78, 5) is 8.18. The molecule has 0 aromatic carbocycles. The molecule has 5 nitrogen and oxygen atoms in total. The van der Waals surface area contributed by atoms with Crippen molar-refractivity contribution in [2.75, 3.05) is 23.4 Å². The van der Waals surface area contributed by atoms with Crippen molar-refractivity contribution in [3.8, 4) is 0 Å². The van der Waals surface area contributed by atoms with Gasteiger partial charge in [-0.15, -0.1) is 0 Å². The normalized spacial score (nSPS) is 11.4. The van der Waals surface area contributed by atoms with E-state index in [0.717, 1.165) is 18.5 Å². The third-order valence-electron chi connectivity index (χ3n) is 2.39. The highest BCUT2D eigenvalue weighted by molar-refractivity contribution is 7.91. The first-order chi connectivity index (χ1) is 8.07. The minimum atomic E-state index is -2.92. The Hall–Kier alpha value is -1.17. The largest absolute Gasteiger partial charge is 0.369 e. The predicted molar refractivity (Wildman–Crippen MR) is 68.8 cm³/mol. The van der Waals surface area contributed by atoms with Crippen LogP contribution in [0.2, 0.25) is 0 Å². The summed E-state index contributed by atoms with van der Waals surface area (Å²) in [6, 6.07) is 1.86. The molecule has 1 aromatic rings. The van der Waals surface area contributed by atoms with Crippen molar-refractivity contribution in [2.24, 2.45) is 0 Å². The van der Waals surface area contributed by atoms with Crippen LogP contribution >= 0.6 is 0 Å². The van der Waals surface area contributed by atoms with Crippen LogP contribution in [0.3, 0.4) is 0 Å². The van der Waals surface area contributed by atoms with Gasteiger partial charge >= 0.3 is 0 Å². The second-order valence-corrected chi connectivity index (χ2v) is 6.28. The molecule has 0 unspecified atom stereocenters. The van der Waals surface area contributed by atoms with E-state index in [0.29, 0.717) is 12.4 Å². The molecule has 0 aliphatic heterocycles. The van der Waals surface area contributed by atoms with Gasteiger partial charge in [0, 0.05) is 24.1 Å². The molecule has 0 aliphatic rings. The molecule has 6 heteroatoms. The van der Waals surface area contributed by atoms with Crippen LogP contribution in [-0.2, 0) is 16.3 Å². The van der Waals surface area contributed by atoms with E-state index in [-0.39, 0.29) is 11.5 Å². The van der Waals surface area contributed by atoms with Gasteiger partial charge in [-0.3, -0.25) is 0 Å². The minimum absolute atomic E-state index is 0.136. The monoisotopic (exact) mass is 257 g/mol. The average Bonchev–Trinajstić information content (AvgIpc) is 2.30.